The predicted octanol–water partition coefficient (Wildman–Crippen LogP) is 8.23. The Hall–Kier alpha value is -2.15. The highest BCUT2D eigenvalue weighted by molar-refractivity contribution is 7.19. The Morgan fingerprint density at radius 3 is 2.59 bits per heavy atom. The second-order valence-corrected chi connectivity index (χ2v) is 8.83. The smallest absolute Gasteiger partial charge is 0.333 e. The average Bonchev–Trinajstić information content (AvgIpc) is 3.20. The summed E-state index contributed by atoms with van der Waals surface area (Å²) in [5, 5.41) is 1.86. The standard InChI is InChI=1S/C24H23ClF3NS.CH5N/c1-4-7-21(25)16(5-2)12-19-13-18-8-6-9-20(23(18)30-19)22-14-17(10-11-29-22)15(3)24(26,27)28;1-2/h5-6,8-11,13-15H,2,4,7,12H2,1,3H3;2H2,1H3/b21-16-;. The maximum atomic E-state index is 13.2. The third-order valence-electron chi connectivity index (χ3n) is 5.08. The van der Waals surface area contributed by atoms with Crippen molar-refractivity contribution < 1.29 is 13.2 Å². The van der Waals surface area contributed by atoms with Crippen LogP contribution in [0.5, 0.6) is 0 Å². The number of thiophene rings is 1. The number of benzene rings is 1. The molecule has 0 saturated heterocycles. The summed E-state index contributed by atoms with van der Waals surface area (Å²) in [6.45, 7) is 7.14. The molecule has 1 aromatic carbocycles. The molecule has 2 aromatic heterocycles. The van der Waals surface area contributed by atoms with Gasteiger partial charge in [-0.3, -0.25) is 4.98 Å². The molecule has 2 heterocycles. The average molecular weight is 481 g/mol. The number of fused-ring (bicyclic) bond motifs is 1. The van der Waals surface area contributed by atoms with E-state index in [0.717, 1.165) is 44.0 Å². The van der Waals surface area contributed by atoms with Crippen LogP contribution in [0.25, 0.3) is 21.3 Å². The Morgan fingerprint density at radius 2 is 1.97 bits per heavy atom. The number of nitrogens with two attached hydrogens (primary N) is 1. The zero-order valence-corrected chi connectivity index (χ0v) is 20.0. The molecule has 32 heavy (non-hydrogen) atoms. The van der Waals surface area contributed by atoms with Crippen molar-refractivity contribution in [2.45, 2.75) is 45.2 Å². The Kier molecular flexibility index (Phi) is 9.49. The van der Waals surface area contributed by atoms with E-state index in [1.165, 1.54) is 26.2 Å². The summed E-state index contributed by atoms with van der Waals surface area (Å²) in [7, 11) is 1.50. The SMILES string of the molecule is C=C/C(Cc1cc2cccc(-c3cc(C(C)C(F)(F)F)ccn3)c2s1)=C(/Cl)CCC.CN. The Bertz CT molecular complexity index is 1090. The summed E-state index contributed by atoms with van der Waals surface area (Å²) in [5.74, 6) is -1.54. The molecule has 3 rings (SSSR count). The van der Waals surface area contributed by atoms with Crippen LogP contribution < -0.4 is 5.73 Å². The van der Waals surface area contributed by atoms with Crippen molar-refractivity contribution in [1.29, 1.82) is 0 Å². The first kappa shape index (κ1) is 26.1. The van der Waals surface area contributed by atoms with Gasteiger partial charge in [-0.1, -0.05) is 55.8 Å². The number of allylic oxidation sites excluding steroid dienone is 3. The van der Waals surface area contributed by atoms with Gasteiger partial charge in [0, 0.05) is 32.8 Å². The highest BCUT2D eigenvalue weighted by Gasteiger charge is 2.37. The maximum absolute atomic E-state index is 13.2. The Balaban J connectivity index is 0.00000176. The third-order valence-corrected chi connectivity index (χ3v) is 6.69. The van der Waals surface area contributed by atoms with Gasteiger partial charge in [0.15, 0.2) is 0 Å². The van der Waals surface area contributed by atoms with Crippen LogP contribution in [0.2, 0.25) is 0 Å². The predicted molar refractivity (Wildman–Crippen MR) is 131 cm³/mol. The van der Waals surface area contributed by atoms with E-state index in [1.54, 1.807) is 23.5 Å². The lowest BCUT2D eigenvalue weighted by atomic mass is 9.99. The zero-order chi connectivity index (χ0) is 23.9. The second kappa shape index (κ2) is 11.6. The van der Waals surface area contributed by atoms with Gasteiger partial charge in [-0.15, -0.1) is 11.3 Å². The highest BCUT2D eigenvalue weighted by Crippen LogP contribution is 2.38. The van der Waals surface area contributed by atoms with Crippen molar-refractivity contribution >= 4 is 33.0 Å². The fourth-order valence-corrected chi connectivity index (χ4v) is 4.84. The third kappa shape index (κ3) is 6.21. The van der Waals surface area contributed by atoms with Gasteiger partial charge in [-0.25, -0.2) is 0 Å². The van der Waals surface area contributed by atoms with E-state index < -0.39 is 12.1 Å². The van der Waals surface area contributed by atoms with Gasteiger partial charge in [-0.05, 0) is 55.1 Å². The van der Waals surface area contributed by atoms with Gasteiger partial charge in [-0.2, -0.15) is 13.2 Å². The maximum Gasteiger partial charge on any atom is 0.395 e. The molecule has 1 unspecified atom stereocenters. The van der Waals surface area contributed by atoms with Crippen molar-refractivity contribution in [2.75, 3.05) is 7.05 Å². The number of hydrogen-bond acceptors (Lipinski definition) is 3. The molecule has 0 saturated carbocycles. The molecule has 7 heteroatoms. The van der Waals surface area contributed by atoms with Crippen LogP contribution in [0.1, 0.15) is 43.0 Å². The van der Waals surface area contributed by atoms with Crippen LogP contribution in [-0.4, -0.2) is 18.2 Å². The molecular weight excluding hydrogens is 453 g/mol. The van der Waals surface area contributed by atoms with Gasteiger partial charge in [0.25, 0.3) is 0 Å². The number of pyridine rings is 1. The van der Waals surface area contributed by atoms with E-state index in [0.29, 0.717) is 12.1 Å². The molecule has 1 atom stereocenters. The molecule has 0 amide bonds. The number of aromatic nitrogens is 1. The number of alkyl halides is 3. The fraction of sp³-hybridized carbons (Fsp3) is 0.320. The molecule has 0 radical (unpaired) electrons. The van der Waals surface area contributed by atoms with Gasteiger partial charge in [0.2, 0.25) is 0 Å². The van der Waals surface area contributed by atoms with Gasteiger partial charge in [0.1, 0.15) is 0 Å². The van der Waals surface area contributed by atoms with Gasteiger partial charge in [0.05, 0.1) is 11.6 Å². The summed E-state index contributed by atoms with van der Waals surface area (Å²) < 4.78 is 40.5. The van der Waals surface area contributed by atoms with E-state index in [2.05, 4.69) is 30.3 Å². The minimum absolute atomic E-state index is 0.213. The van der Waals surface area contributed by atoms with E-state index in [4.69, 9.17) is 11.6 Å². The molecule has 2 N–H and O–H groups in total. The summed E-state index contributed by atoms with van der Waals surface area (Å²) in [6.07, 6.45) is 1.42. The second-order valence-electron chi connectivity index (χ2n) is 7.24. The van der Waals surface area contributed by atoms with Crippen molar-refractivity contribution in [1.82, 2.24) is 4.98 Å². The first-order valence-electron chi connectivity index (χ1n) is 10.4. The minimum Gasteiger partial charge on any atom is -0.333 e. The number of halogens is 4. The summed E-state index contributed by atoms with van der Waals surface area (Å²) in [6, 6.07) is 10.9. The quantitative estimate of drug-likeness (QED) is 0.346. The molecule has 172 valence electrons. The fourth-order valence-electron chi connectivity index (χ4n) is 3.30. The van der Waals surface area contributed by atoms with Crippen LogP contribution >= 0.6 is 22.9 Å². The molecule has 2 nitrogen and oxygen atoms in total. The Morgan fingerprint density at radius 1 is 1.25 bits per heavy atom. The molecule has 0 aliphatic carbocycles. The summed E-state index contributed by atoms with van der Waals surface area (Å²) >= 11 is 8.03. The summed E-state index contributed by atoms with van der Waals surface area (Å²) in [4.78, 5) is 5.48. The monoisotopic (exact) mass is 480 g/mol. The molecule has 0 aliphatic heterocycles. The lowest BCUT2D eigenvalue weighted by Gasteiger charge is -2.16. The topological polar surface area (TPSA) is 38.9 Å². The normalized spacial score (nSPS) is 13.2. The lowest BCUT2D eigenvalue weighted by molar-refractivity contribution is -0.146. The van der Waals surface area contributed by atoms with Crippen LogP contribution in [-0.2, 0) is 6.42 Å². The highest BCUT2D eigenvalue weighted by atomic mass is 35.5. The van der Waals surface area contributed by atoms with Crippen molar-refractivity contribution in [3.63, 3.8) is 0 Å². The number of hydrogen-bond donors (Lipinski definition) is 1. The van der Waals surface area contributed by atoms with Crippen molar-refractivity contribution in [2.24, 2.45) is 5.73 Å². The molecule has 0 bridgehead atoms. The van der Waals surface area contributed by atoms with Crippen LogP contribution in [0.15, 0.2) is 65.9 Å². The largest absolute Gasteiger partial charge is 0.395 e. The van der Waals surface area contributed by atoms with Crippen LogP contribution in [0, 0.1) is 0 Å². The zero-order valence-electron chi connectivity index (χ0n) is 18.5. The summed E-state index contributed by atoms with van der Waals surface area (Å²) in [5.41, 5.74) is 7.10. The van der Waals surface area contributed by atoms with Crippen LogP contribution in [0.3, 0.4) is 0 Å². The van der Waals surface area contributed by atoms with E-state index in [-0.39, 0.29) is 5.56 Å². The van der Waals surface area contributed by atoms with Gasteiger partial charge >= 0.3 is 6.18 Å². The number of rotatable bonds is 7. The first-order valence-corrected chi connectivity index (χ1v) is 11.6. The number of nitrogens with zero attached hydrogens (tertiary/aromatic N) is 1. The lowest BCUT2D eigenvalue weighted by Crippen LogP contribution is -2.17. The Labute approximate surface area is 196 Å². The van der Waals surface area contributed by atoms with E-state index in [1.807, 2.05) is 18.2 Å². The van der Waals surface area contributed by atoms with Crippen LogP contribution in [0.4, 0.5) is 13.2 Å². The molecular formula is C25H28ClF3N2S. The molecule has 0 fully saturated rings. The van der Waals surface area contributed by atoms with Gasteiger partial charge < -0.3 is 5.73 Å². The molecule has 0 spiro atoms. The van der Waals surface area contributed by atoms with Crippen molar-refractivity contribution in [3.8, 4) is 11.3 Å². The first-order chi connectivity index (χ1) is 15.2. The van der Waals surface area contributed by atoms with Crippen molar-refractivity contribution in [3.05, 3.63) is 76.3 Å². The van der Waals surface area contributed by atoms with E-state index >= 15 is 0 Å². The minimum atomic E-state index is -4.29. The molecule has 3 aromatic rings. The molecule has 0 aliphatic rings. The van der Waals surface area contributed by atoms with E-state index in [9.17, 15) is 13.2 Å².